The topological polar surface area (TPSA) is 95.4 Å². The van der Waals surface area contributed by atoms with Crippen LogP contribution in [0.5, 0.6) is 0 Å². The van der Waals surface area contributed by atoms with Crippen LogP contribution in [-0.4, -0.2) is 12.1 Å². The molecule has 1 aromatic heterocycles. The Balaban J connectivity index is 2.71. The third-order valence-electron chi connectivity index (χ3n) is 1.28. The number of amides is 1. The van der Waals surface area contributed by atoms with Crippen LogP contribution in [0.2, 0.25) is 0 Å². The molecule has 0 aliphatic carbocycles. The third-order valence-corrected chi connectivity index (χ3v) is 2.24. The van der Waals surface area contributed by atoms with Gasteiger partial charge < -0.3 is 16.2 Å². The summed E-state index contributed by atoms with van der Waals surface area (Å²) in [4.78, 5) is 22.1. The largest absolute Gasteiger partial charge is 0.412 e. The van der Waals surface area contributed by atoms with E-state index in [-0.39, 0.29) is 0 Å². The van der Waals surface area contributed by atoms with Crippen molar-refractivity contribution in [2.24, 2.45) is 11.5 Å². The summed E-state index contributed by atoms with van der Waals surface area (Å²) in [6.45, 7) is 0.356. The fourth-order valence-corrected chi connectivity index (χ4v) is 1.48. The van der Waals surface area contributed by atoms with Gasteiger partial charge in [0.05, 0.1) is 5.56 Å². The summed E-state index contributed by atoms with van der Waals surface area (Å²) in [6, 6.07) is 1.57. The first kappa shape index (κ1) is 9.69. The summed E-state index contributed by atoms with van der Waals surface area (Å²) >= 11 is 1.33. The number of carbonyl (C=O) groups excluding carboxylic acids is 2. The molecule has 70 valence electrons. The van der Waals surface area contributed by atoms with Crippen LogP contribution in [-0.2, 0) is 11.3 Å². The molecule has 0 spiro atoms. The van der Waals surface area contributed by atoms with Crippen molar-refractivity contribution in [2.75, 3.05) is 0 Å². The normalized spacial score (nSPS) is 9.62. The minimum Gasteiger partial charge on any atom is -0.373 e. The number of thiophene rings is 1. The molecule has 1 aromatic rings. The van der Waals surface area contributed by atoms with Gasteiger partial charge in [-0.15, -0.1) is 11.3 Å². The molecule has 0 aliphatic rings. The van der Waals surface area contributed by atoms with Gasteiger partial charge >= 0.3 is 12.1 Å². The van der Waals surface area contributed by atoms with Crippen molar-refractivity contribution >= 4 is 23.4 Å². The van der Waals surface area contributed by atoms with Crippen molar-refractivity contribution in [2.45, 2.75) is 6.54 Å². The molecule has 0 saturated heterocycles. The van der Waals surface area contributed by atoms with Crippen LogP contribution in [0.15, 0.2) is 11.4 Å². The van der Waals surface area contributed by atoms with Crippen LogP contribution in [0.25, 0.3) is 0 Å². The van der Waals surface area contributed by atoms with E-state index < -0.39 is 12.1 Å². The van der Waals surface area contributed by atoms with Gasteiger partial charge in [0, 0.05) is 16.8 Å². The average Bonchev–Trinajstić information content (AvgIpc) is 2.50. The summed E-state index contributed by atoms with van der Waals surface area (Å²) in [5.41, 5.74) is 10.3. The van der Waals surface area contributed by atoms with Gasteiger partial charge in [0.1, 0.15) is 0 Å². The van der Waals surface area contributed by atoms with Crippen LogP contribution in [0.1, 0.15) is 15.2 Å². The van der Waals surface area contributed by atoms with Gasteiger partial charge in [-0.1, -0.05) is 0 Å². The summed E-state index contributed by atoms with van der Waals surface area (Å²) in [5, 5.41) is 1.56. The first-order chi connectivity index (χ1) is 6.13. The molecule has 0 atom stereocenters. The van der Waals surface area contributed by atoms with Crippen molar-refractivity contribution in [1.82, 2.24) is 0 Å². The molecule has 1 heterocycles. The molecule has 0 aliphatic heterocycles. The molecule has 0 aromatic carbocycles. The molecule has 0 radical (unpaired) electrons. The van der Waals surface area contributed by atoms with Gasteiger partial charge in [-0.05, 0) is 6.07 Å². The first-order valence-electron chi connectivity index (χ1n) is 3.42. The lowest BCUT2D eigenvalue weighted by Crippen LogP contribution is -2.18. The molecule has 0 fully saturated rings. The Hall–Kier alpha value is -1.40. The Morgan fingerprint density at radius 1 is 1.54 bits per heavy atom. The molecule has 1 rings (SSSR count). The smallest absolute Gasteiger partial charge is 0.373 e. The van der Waals surface area contributed by atoms with Gasteiger partial charge in [-0.2, -0.15) is 0 Å². The van der Waals surface area contributed by atoms with E-state index in [9.17, 15) is 9.59 Å². The van der Waals surface area contributed by atoms with Crippen LogP contribution in [0, 0.1) is 0 Å². The first-order valence-corrected chi connectivity index (χ1v) is 4.30. The third kappa shape index (κ3) is 2.53. The zero-order valence-electron chi connectivity index (χ0n) is 6.65. The summed E-state index contributed by atoms with van der Waals surface area (Å²) in [5.74, 6) is -0.747. The van der Waals surface area contributed by atoms with E-state index in [0.29, 0.717) is 12.1 Å². The van der Waals surface area contributed by atoms with E-state index in [1.54, 1.807) is 11.4 Å². The van der Waals surface area contributed by atoms with E-state index >= 15 is 0 Å². The number of ether oxygens (including phenoxy) is 1. The molecule has 5 nitrogen and oxygen atoms in total. The highest BCUT2D eigenvalue weighted by molar-refractivity contribution is 7.10. The summed E-state index contributed by atoms with van der Waals surface area (Å²) < 4.78 is 4.16. The van der Waals surface area contributed by atoms with Crippen LogP contribution in [0.3, 0.4) is 0 Å². The lowest BCUT2D eigenvalue weighted by Gasteiger charge is -1.94. The number of esters is 1. The van der Waals surface area contributed by atoms with Gasteiger partial charge in [-0.25, -0.2) is 9.59 Å². The number of hydrogen-bond acceptors (Lipinski definition) is 5. The standard InChI is InChI=1S/C7H8N2O3S/c8-2-5-1-4(3-13-5)6(10)12-7(9)11/h1,3H,2,8H2,(H2,9,11). The molecule has 0 saturated carbocycles. The van der Waals surface area contributed by atoms with Gasteiger partial charge in [0.15, 0.2) is 0 Å². The number of rotatable bonds is 2. The molecule has 0 bridgehead atoms. The van der Waals surface area contributed by atoms with Crippen LogP contribution in [0.4, 0.5) is 4.79 Å². The molecule has 6 heteroatoms. The minimum absolute atomic E-state index is 0.296. The molecule has 0 unspecified atom stereocenters. The van der Waals surface area contributed by atoms with E-state index in [1.807, 2.05) is 0 Å². The van der Waals surface area contributed by atoms with Crippen molar-refractivity contribution in [3.05, 3.63) is 21.9 Å². The Morgan fingerprint density at radius 3 is 2.69 bits per heavy atom. The number of carbonyl (C=O) groups is 2. The van der Waals surface area contributed by atoms with Crippen molar-refractivity contribution in [1.29, 1.82) is 0 Å². The van der Waals surface area contributed by atoms with Crippen molar-refractivity contribution in [3.63, 3.8) is 0 Å². The number of hydrogen-bond donors (Lipinski definition) is 2. The fourth-order valence-electron chi connectivity index (χ4n) is 0.745. The van der Waals surface area contributed by atoms with E-state index in [0.717, 1.165) is 4.88 Å². The zero-order valence-corrected chi connectivity index (χ0v) is 7.47. The van der Waals surface area contributed by atoms with Gasteiger partial charge in [-0.3, -0.25) is 0 Å². The van der Waals surface area contributed by atoms with Crippen molar-refractivity contribution < 1.29 is 14.3 Å². The van der Waals surface area contributed by atoms with Gasteiger partial charge in [0.25, 0.3) is 0 Å². The molecular weight excluding hydrogens is 192 g/mol. The van der Waals surface area contributed by atoms with Crippen LogP contribution >= 0.6 is 11.3 Å². The maximum atomic E-state index is 11.0. The highest BCUT2D eigenvalue weighted by Crippen LogP contribution is 2.14. The Morgan fingerprint density at radius 2 is 2.23 bits per heavy atom. The monoisotopic (exact) mass is 200 g/mol. The SMILES string of the molecule is NCc1cc(C(=O)OC(N)=O)cs1. The lowest BCUT2D eigenvalue weighted by molar-refractivity contribution is 0.0639. The maximum absolute atomic E-state index is 11.0. The molecule has 1 amide bonds. The lowest BCUT2D eigenvalue weighted by atomic mass is 10.3. The quantitative estimate of drug-likeness (QED) is 0.535. The fraction of sp³-hybridized carbons (Fsp3) is 0.143. The molecule has 4 N–H and O–H groups in total. The second-order valence-corrected chi connectivity index (χ2v) is 3.21. The zero-order chi connectivity index (χ0) is 9.84. The molecular formula is C7H8N2O3S. The molecule has 13 heavy (non-hydrogen) atoms. The Kier molecular flexibility index (Phi) is 2.99. The highest BCUT2D eigenvalue weighted by Gasteiger charge is 2.11. The average molecular weight is 200 g/mol. The number of primary amides is 1. The number of nitrogens with two attached hydrogens (primary N) is 2. The Labute approximate surface area is 78.3 Å². The summed E-state index contributed by atoms with van der Waals surface area (Å²) in [6.07, 6.45) is -1.11. The van der Waals surface area contributed by atoms with Crippen LogP contribution < -0.4 is 11.5 Å². The highest BCUT2D eigenvalue weighted by atomic mass is 32.1. The predicted octanol–water partition coefficient (Wildman–Crippen LogP) is 0.442. The van der Waals surface area contributed by atoms with E-state index in [4.69, 9.17) is 5.73 Å². The minimum atomic E-state index is -1.11. The summed E-state index contributed by atoms with van der Waals surface area (Å²) in [7, 11) is 0. The maximum Gasteiger partial charge on any atom is 0.412 e. The van der Waals surface area contributed by atoms with Gasteiger partial charge in [0.2, 0.25) is 0 Å². The van der Waals surface area contributed by atoms with E-state index in [1.165, 1.54) is 11.3 Å². The van der Waals surface area contributed by atoms with E-state index in [2.05, 4.69) is 10.5 Å². The second-order valence-electron chi connectivity index (χ2n) is 2.21. The second kappa shape index (κ2) is 4.01. The predicted molar refractivity (Wildman–Crippen MR) is 47.2 cm³/mol. The van der Waals surface area contributed by atoms with Crippen molar-refractivity contribution in [3.8, 4) is 0 Å². The Bertz CT molecular complexity index is 334.